The van der Waals surface area contributed by atoms with Crippen LogP contribution in [0, 0.1) is 17.8 Å². The van der Waals surface area contributed by atoms with Crippen molar-refractivity contribution in [3.63, 3.8) is 0 Å². The Bertz CT molecular complexity index is 715. The van der Waals surface area contributed by atoms with Crippen molar-refractivity contribution in [1.82, 2.24) is 4.90 Å². The average molecular weight is 349 g/mol. The summed E-state index contributed by atoms with van der Waals surface area (Å²) in [5.74, 6) is 6.74. The first-order valence-electron chi connectivity index (χ1n) is 7.67. The molecule has 2 heterocycles. The van der Waals surface area contributed by atoms with Gasteiger partial charge in [-0.3, -0.25) is 4.90 Å². The number of fused-ring (bicyclic) bond motifs is 2. The molecular weight excluding hydrogens is 331 g/mol. The Balaban J connectivity index is 1.51. The summed E-state index contributed by atoms with van der Waals surface area (Å²) in [6.45, 7) is 5.70. The van der Waals surface area contributed by atoms with Crippen LogP contribution in [-0.2, 0) is 4.84 Å². The van der Waals surface area contributed by atoms with Crippen LogP contribution in [0.2, 0.25) is 10.0 Å². The van der Waals surface area contributed by atoms with E-state index in [4.69, 9.17) is 28.0 Å². The molecule has 2 bridgehead atoms. The largest absolute Gasteiger partial charge is 0.392 e. The molecule has 2 fully saturated rings. The van der Waals surface area contributed by atoms with Gasteiger partial charge in [0, 0.05) is 24.6 Å². The Kier molecular flexibility index (Phi) is 5.27. The molecule has 23 heavy (non-hydrogen) atoms. The second-order valence-corrected chi connectivity index (χ2v) is 6.68. The zero-order chi connectivity index (χ0) is 16.2. The molecule has 0 aromatic heterocycles. The third-order valence-corrected chi connectivity index (χ3v) is 4.84. The van der Waals surface area contributed by atoms with Gasteiger partial charge in [0.15, 0.2) is 0 Å². The Labute approximate surface area is 146 Å². The number of benzene rings is 1. The van der Waals surface area contributed by atoms with Crippen LogP contribution in [0.3, 0.4) is 0 Å². The second-order valence-electron chi connectivity index (χ2n) is 5.87. The molecule has 2 atom stereocenters. The number of allylic oxidation sites excluding steroid dienone is 1. The predicted molar refractivity (Wildman–Crippen MR) is 95.0 cm³/mol. The highest BCUT2D eigenvalue weighted by Crippen LogP contribution is 2.25. The van der Waals surface area contributed by atoms with E-state index in [-0.39, 0.29) is 0 Å². The molecule has 0 aliphatic carbocycles. The van der Waals surface area contributed by atoms with Crippen molar-refractivity contribution in [3.8, 4) is 11.8 Å². The topological polar surface area (TPSA) is 24.8 Å². The summed E-state index contributed by atoms with van der Waals surface area (Å²) in [4.78, 5) is 7.82. The summed E-state index contributed by atoms with van der Waals surface area (Å²) in [6, 6.07) is 5.36. The molecule has 0 spiro atoms. The summed E-state index contributed by atoms with van der Waals surface area (Å²) in [5.41, 5.74) is 2.96. The van der Waals surface area contributed by atoms with Gasteiger partial charge < -0.3 is 4.84 Å². The first-order chi connectivity index (χ1) is 11.1. The van der Waals surface area contributed by atoms with Crippen LogP contribution in [0.25, 0.3) is 0 Å². The maximum atomic E-state index is 5.97. The monoisotopic (exact) mass is 348 g/mol. The predicted octanol–water partition coefficient (Wildman–Crippen LogP) is 4.00. The van der Waals surface area contributed by atoms with Gasteiger partial charge in [0.25, 0.3) is 0 Å². The van der Waals surface area contributed by atoms with Crippen LogP contribution in [0.5, 0.6) is 0 Å². The van der Waals surface area contributed by atoms with Gasteiger partial charge in [0.05, 0.1) is 15.8 Å². The number of rotatable bonds is 3. The van der Waals surface area contributed by atoms with Gasteiger partial charge in [0.2, 0.25) is 0 Å². The number of nitrogens with zero attached hydrogens (tertiary/aromatic N) is 2. The fourth-order valence-corrected chi connectivity index (χ4v) is 3.09. The van der Waals surface area contributed by atoms with Crippen molar-refractivity contribution in [2.24, 2.45) is 11.1 Å². The van der Waals surface area contributed by atoms with Crippen molar-refractivity contribution in [2.75, 3.05) is 26.2 Å². The third kappa shape index (κ3) is 4.29. The van der Waals surface area contributed by atoms with Gasteiger partial charge in [-0.05, 0) is 49.7 Å². The number of hydrogen-bond acceptors (Lipinski definition) is 3. The van der Waals surface area contributed by atoms with Crippen molar-refractivity contribution in [1.29, 1.82) is 0 Å². The van der Waals surface area contributed by atoms with Crippen molar-refractivity contribution in [3.05, 3.63) is 45.5 Å². The maximum absolute atomic E-state index is 5.97. The normalized spacial score (nSPS) is 24.7. The van der Waals surface area contributed by atoms with E-state index in [9.17, 15) is 0 Å². The fraction of sp³-hybridized carbons (Fsp3) is 0.389. The summed E-state index contributed by atoms with van der Waals surface area (Å²) in [5, 5.41) is 5.32. The number of halogens is 2. The molecule has 5 heteroatoms. The summed E-state index contributed by atoms with van der Waals surface area (Å²) >= 11 is 11.8. The Hall–Kier alpha value is -1.47. The molecule has 0 amide bonds. The Morgan fingerprint density at radius 1 is 1.43 bits per heavy atom. The third-order valence-electron chi connectivity index (χ3n) is 4.10. The van der Waals surface area contributed by atoms with Gasteiger partial charge in [-0.2, -0.15) is 0 Å². The quantitative estimate of drug-likeness (QED) is 0.468. The number of piperidine rings is 1. The van der Waals surface area contributed by atoms with E-state index < -0.39 is 0 Å². The van der Waals surface area contributed by atoms with E-state index in [1.165, 1.54) is 18.7 Å². The van der Waals surface area contributed by atoms with E-state index in [2.05, 4.69) is 21.9 Å². The molecule has 2 saturated heterocycles. The molecule has 1 aromatic rings. The van der Waals surface area contributed by atoms with Crippen LogP contribution in [-0.4, -0.2) is 36.9 Å². The first-order valence-corrected chi connectivity index (χ1v) is 8.42. The zero-order valence-electron chi connectivity index (χ0n) is 13.0. The van der Waals surface area contributed by atoms with Gasteiger partial charge in [-0.1, -0.05) is 40.2 Å². The van der Waals surface area contributed by atoms with Crippen LogP contribution >= 0.6 is 23.2 Å². The van der Waals surface area contributed by atoms with Gasteiger partial charge in [-0.25, -0.2) is 0 Å². The highest BCUT2D eigenvalue weighted by molar-refractivity contribution is 6.42. The van der Waals surface area contributed by atoms with Gasteiger partial charge in [0.1, 0.15) is 6.61 Å². The lowest BCUT2D eigenvalue weighted by molar-refractivity contribution is 0.171. The molecule has 3 rings (SSSR count). The summed E-state index contributed by atoms with van der Waals surface area (Å²) in [7, 11) is 0. The summed E-state index contributed by atoms with van der Waals surface area (Å²) < 4.78 is 0. The molecule has 2 unspecified atom stereocenters. The van der Waals surface area contributed by atoms with E-state index >= 15 is 0 Å². The van der Waals surface area contributed by atoms with Crippen molar-refractivity contribution >= 4 is 28.9 Å². The lowest BCUT2D eigenvalue weighted by Gasteiger charge is -2.12. The number of oxime groups is 1. The molecule has 0 saturated carbocycles. The molecule has 1 aromatic carbocycles. The SMILES string of the molecule is C/C(C#Cc1ccc(Cl)c(Cl)c1)=C\CO/N=C1/CN2CCC1C2. The smallest absolute Gasteiger partial charge is 0.136 e. The minimum atomic E-state index is 0.443. The lowest BCUT2D eigenvalue weighted by Crippen LogP contribution is -2.23. The van der Waals surface area contributed by atoms with E-state index in [1.54, 1.807) is 12.1 Å². The minimum Gasteiger partial charge on any atom is -0.392 e. The van der Waals surface area contributed by atoms with Crippen molar-refractivity contribution < 1.29 is 4.84 Å². The van der Waals surface area contributed by atoms with Crippen molar-refractivity contribution in [2.45, 2.75) is 13.3 Å². The van der Waals surface area contributed by atoms with Crippen LogP contribution in [0.1, 0.15) is 18.9 Å². The maximum Gasteiger partial charge on any atom is 0.136 e. The highest BCUT2D eigenvalue weighted by Gasteiger charge is 2.35. The fourth-order valence-electron chi connectivity index (χ4n) is 2.79. The zero-order valence-corrected chi connectivity index (χ0v) is 14.5. The van der Waals surface area contributed by atoms with Crippen LogP contribution in [0.4, 0.5) is 0 Å². The lowest BCUT2D eigenvalue weighted by atomic mass is 10.0. The molecule has 2 aliphatic heterocycles. The minimum absolute atomic E-state index is 0.443. The van der Waals surface area contributed by atoms with E-state index in [1.807, 2.05) is 19.1 Å². The average Bonchev–Trinajstić information content (AvgIpc) is 3.15. The second kappa shape index (κ2) is 7.40. The summed E-state index contributed by atoms with van der Waals surface area (Å²) in [6.07, 6.45) is 3.15. The standard InChI is InChI=1S/C18H18Cl2N2O/c1-13(2-3-14-4-5-16(19)17(20)10-14)7-9-23-21-18-12-22-8-6-15(18)11-22/h4-5,7,10,15H,6,8-9,11-12H2,1H3/b13-7+,21-18-. The van der Waals surface area contributed by atoms with Gasteiger partial charge >= 0.3 is 0 Å². The molecule has 0 N–H and O–H groups in total. The molecule has 120 valence electrons. The molecule has 3 nitrogen and oxygen atoms in total. The first kappa shape index (κ1) is 16.4. The van der Waals surface area contributed by atoms with E-state index in [0.29, 0.717) is 22.6 Å². The molecular formula is C18H18Cl2N2O. The number of hydrogen-bond donors (Lipinski definition) is 0. The highest BCUT2D eigenvalue weighted by atomic mass is 35.5. The van der Waals surface area contributed by atoms with Crippen LogP contribution < -0.4 is 0 Å². The van der Waals surface area contributed by atoms with Gasteiger partial charge in [-0.15, -0.1) is 0 Å². The molecule has 0 radical (unpaired) electrons. The Morgan fingerprint density at radius 2 is 2.30 bits per heavy atom. The Morgan fingerprint density at radius 3 is 3.00 bits per heavy atom. The van der Waals surface area contributed by atoms with E-state index in [0.717, 1.165) is 24.2 Å². The van der Waals surface area contributed by atoms with Crippen LogP contribution in [0.15, 0.2) is 35.0 Å². The molecule has 2 aliphatic rings.